The van der Waals surface area contributed by atoms with Gasteiger partial charge in [-0.05, 0) is 24.0 Å². The van der Waals surface area contributed by atoms with E-state index in [-0.39, 0.29) is 5.41 Å². The molecule has 0 fully saturated rings. The molecule has 1 rings (SSSR count). The first-order valence-electron chi connectivity index (χ1n) is 3.94. The number of hydrogen-bond donors (Lipinski definition) is 0. The number of rotatable bonds is 0. The van der Waals surface area contributed by atoms with E-state index in [1.807, 2.05) is 12.3 Å². The first-order chi connectivity index (χ1) is 5.02. The van der Waals surface area contributed by atoms with Gasteiger partial charge in [0.25, 0.3) is 0 Å². The maximum Gasteiger partial charge on any atom is 0.0409 e. The van der Waals surface area contributed by atoms with Crippen LogP contribution in [-0.4, -0.2) is 4.98 Å². The van der Waals surface area contributed by atoms with E-state index in [9.17, 15) is 0 Å². The van der Waals surface area contributed by atoms with Gasteiger partial charge in [0.15, 0.2) is 0 Å². The summed E-state index contributed by atoms with van der Waals surface area (Å²) in [6, 6.07) is 4.13. The zero-order valence-corrected chi connectivity index (χ0v) is 7.68. The molecule has 1 heterocycles. The molecule has 0 aromatic carbocycles. The molecule has 1 aromatic rings. The smallest absolute Gasteiger partial charge is 0.0409 e. The van der Waals surface area contributed by atoms with E-state index in [0.717, 1.165) is 5.69 Å². The monoisotopic (exact) mass is 149 g/mol. The Kier molecular flexibility index (Phi) is 1.99. The fraction of sp³-hybridized carbons (Fsp3) is 0.500. The van der Waals surface area contributed by atoms with Crippen molar-refractivity contribution in [1.29, 1.82) is 0 Å². The maximum atomic E-state index is 4.25. The summed E-state index contributed by atoms with van der Waals surface area (Å²) in [7, 11) is 0. The predicted molar refractivity (Wildman–Crippen MR) is 47.7 cm³/mol. The Balaban J connectivity index is 3.14. The van der Waals surface area contributed by atoms with Gasteiger partial charge in [-0.1, -0.05) is 26.8 Å². The molecule has 1 heteroatoms. The second-order valence-corrected chi connectivity index (χ2v) is 3.89. The molecule has 1 aromatic heterocycles. The highest BCUT2D eigenvalue weighted by molar-refractivity contribution is 5.25. The first kappa shape index (κ1) is 8.25. The van der Waals surface area contributed by atoms with Crippen LogP contribution in [0.3, 0.4) is 0 Å². The van der Waals surface area contributed by atoms with E-state index in [1.54, 1.807) is 0 Å². The van der Waals surface area contributed by atoms with Crippen molar-refractivity contribution in [3.63, 3.8) is 0 Å². The van der Waals surface area contributed by atoms with Gasteiger partial charge in [0.2, 0.25) is 0 Å². The zero-order valence-electron chi connectivity index (χ0n) is 7.68. The first-order valence-corrected chi connectivity index (χ1v) is 3.94. The van der Waals surface area contributed by atoms with Crippen molar-refractivity contribution >= 4 is 0 Å². The summed E-state index contributed by atoms with van der Waals surface area (Å²) >= 11 is 0. The average Bonchev–Trinajstić information content (AvgIpc) is 1.86. The quantitative estimate of drug-likeness (QED) is 0.552. The Morgan fingerprint density at radius 3 is 2.27 bits per heavy atom. The topological polar surface area (TPSA) is 12.9 Å². The van der Waals surface area contributed by atoms with Crippen LogP contribution in [0.15, 0.2) is 18.3 Å². The average molecular weight is 149 g/mol. The van der Waals surface area contributed by atoms with Gasteiger partial charge >= 0.3 is 0 Å². The van der Waals surface area contributed by atoms with Crippen molar-refractivity contribution in [2.45, 2.75) is 33.1 Å². The second kappa shape index (κ2) is 2.65. The molecule has 0 aliphatic heterocycles. The van der Waals surface area contributed by atoms with Crippen LogP contribution >= 0.6 is 0 Å². The molecule has 0 aliphatic rings. The summed E-state index contributed by atoms with van der Waals surface area (Å²) in [5.74, 6) is 0. The van der Waals surface area contributed by atoms with Crippen molar-refractivity contribution in [3.8, 4) is 0 Å². The third-order valence-corrected chi connectivity index (χ3v) is 1.81. The second-order valence-electron chi connectivity index (χ2n) is 3.89. The molecule has 0 saturated heterocycles. The number of nitrogens with zero attached hydrogens (tertiary/aromatic N) is 1. The number of pyridine rings is 1. The lowest BCUT2D eigenvalue weighted by Crippen LogP contribution is -2.13. The van der Waals surface area contributed by atoms with Crippen LogP contribution in [0.4, 0.5) is 0 Å². The van der Waals surface area contributed by atoms with E-state index in [1.165, 1.54) is 5.56 Å². The van der Waals surface area contributed by atoms with E-state index in [2.05, 4.69) is 38.7 Å². The van der Waals surface area contributed by atoms with Crippen LogP contribution in [0.25, 0.3) is 0 Å². The van der Waals surface area contributed by atoms with E-state index in [4.69, 9.17) is 0 Å². The molecule has 0 N–H and O–H groups in total. The third-order valence-electron chi connectivity index (χ3n) is 1.81. The molecule has 0 atom stereocenters. The van der Waals surface area contributed by atoms with Crippen LogP contribution in [0, 0.1) is 6.92 Å². The van der Waals surface area contributed by atoms with Gasteiger partial charge in [0.05, 0.1) is 0 Å². The normalized spacial score (nSPS) is 11.6. The van der Waals surface area contributed by atoms with Crippen LogP contribution < -0.4 is 0 Å². The van der Waals surface area contributed by atoms with Crippen molar-refractivity contribution < 1.29 is 0 Å². The molecule has 0 bridgehead atoms. The molecule has 0 spiro atoms. The largest absolute Gasteiger partial charge is 0.261 e. The molecule has 60 valence electrons. The molecular formula is C10H15N. The van der Waals surface area contributed by atoms with Crippen molar-refractivity contribution in [3.05, 3.63) is 29.6 Å². The highest BCUT2D eigenvalue weighted by Crippen LogP contribution is 2.23. The van der Waals surface area contributed by atoms with Crippen molar-refractivity contribution in [1.82, 2.24) is 4.98 Å². The number of hydrogen-bond acceptors (Lipinski definition) is 1. The summed E-state index contributed by atoms with van der Waals surface area (Å²) in [5, 5.41) is 0. The maximum absolute atomic E-state index is 4.25. The summed E-state index contributed by atoms with van der Waals surface area (Å²) in [6.45, 7) is 8.67. The lowest BCUT2D eigenvalue weighted by atomic mass is 9.86. The summed E-state index contributed by atoms with van der Waals surface area (Å²) in [5.41, 5.74) is 2.69. The van der Waals surface area contributed by atoms with Crippen molar-refractivity contribution in [2.24, 2.45) is 0 Å². The molecule has 1 nitrogen and oxygen atoms in total. The van der Waals surface area contributed by atoms with E-state index in [0.29, 0.717) is 0 Å². The highest BCUT2D eigenvalue weighted by Gasteiger charge is 2.15. The zero-order chi connectivity index (χ0) is 8.48. The minimum absolute atomic E-state index is 0.221. The van der Waals surface area contributed by atoms with Crippen molar-refractivity contribution in [2.75, 3.05) is 0 Å². The van der Waals surface area contributed by atoms with E-state index >= 15 is 0 Å². The molecule has 0 unspecified atom stereocenters. The molecule has 0 radical (unpaired) electrons. The Labute approximate surface area is 68.5 Å². The molecular weight excluding hydrogens is 134 g/mol. The van der Waals surface area contributed by atoms with Crippen LogP contribution in [0.1, 0.15) is 32.0 Å². The molecule has 0 aliphatic carbocycles. The molecule has 0 saturated carbocycles. The summed E-state index contributed by atoms with van der Waals surface area (Å²) in [4.78, 5) is 4.25. The number of aryl methyl sites for hydroxylation is 1. The molecule has 0 amide bonds. The summed E-state index contributed by atoms with van der Waals surface area (Å²) < 4.78 is 0. The third kappa shape index (κ3) is 1.79. The van der Waals surface area contributed by atoms with Gasteiger partial charge in [-0.2, -0.15) is 0 Å². The minimum atomic E-state index is 0.221. The molecule has 11 heavy (non-hydrogen) atoms. The Morgan fingerprint density at radius 1 is 1.27 bits per heavy atom. The standard InChI is InChI=1S/C10H15N/c1-8-9(10(2,3)4)6-5-7-11-8/h5-7H,1-4H3. The van der Waals surface area contributed by atoms with Crippen LogP contribution in [0.2, 0.25) is 0 Å². The fourth-order valence-electron chi connectivity index (χ4n) is 1.28. The SMILES string of the molecule is Cc1ncccc1C(C)(C)C. The highest BCUT2D eigenvalue weighted by atomic mass is 14.7. The van der Waals surface area contributed by atoms with E-state index < -0.39 is 0 Å². The minimum Gasteiger partial charge on any atom is -0.261 e. The van der Waals surface area contributed by atoms with Crippen LogP contribution in [-0.2, 0) is 5.41 Å². The Hall–Kier alpha value is -0.850. The lowest BCUT2D eigenvalue weighted by Gasteiger charge is -2.20. The van der Waals surface area contributed by atoms with Gasteiger partial charge in [-0.15, -0.1) is 0 Å². The fourth-order valence-corrected chi connectivity index (χ4v) is 1.28. The summed E-state index contributed by atoms with van der Waals surface area (Å²) in [6.07, 6.45) is 1.84. The van der Waals surface area contributed by atoms with Gasteiger partial charge in [0.1, 0.15) is 0 Å². The Bertz CT molecular complexity index is 245. The predicted octanol–water partition coefficient (Wildman–Crippen LogP) is 2.69. The van der Waals surface area contributed by atoms with Gasteiger partial charge in [-0.25, -0.2) is 0 Å². The number of aromatic nitrogens is 1. The van der Waals surface area contributed by atoms with Gasteiger partial charge in [-0.3, -0.25) is 4.98 Å². The Morgan fingerprint density at radius 2 is 1.91 bits per heavy atom. The van der Waals surface area contributed by atoms with Gasteiger partial charge in [0, 0.05) is 11.9 Å². The van der Waals surface area contributed by atoms with Gasteiger partial charge < -0.3 is 0 Å². The lowest BCUT2D eigenvalue weighted by molar-refractivity contribution is 0.582. The van der Waals surface area contributed by atoms with Crippen LogP contribution in [0.5, 0.6) is 0 Å².